The lowest BCUT2D eigenvalue weighted by Crippen LogP contribution is -2.35. The van der Waals surface area contributed by atoms with Crippen LogP contribution in [0.3, 0.4) is 0 Å². The minimum atomic E-state index is -2.51. The van der Waals surface area contributed by atoms with E-state index in [9.17, 15) is 13.6 Å². The predicted octanol–water partition coefficient (Wildman–Crippen LogP) is 3.48. The van der Waals surface area contributed by atoms with Crippen LogP contribution in [0.4, 0.5) is 8.78 Å². The molecule has 0 fully saturated rings. The first-order valence-corrected chi connectivity index (χ1v) is 6.50. The fraction of sp³-hybridized carbons (Fsp3) is 0.400. The Bertz CT molecular complexity index is 497. The number of nitrogens with zero attached hydrogens (tertiary/aromatic N) is 1. The van der Waals surface area contributed by atoms with Gasteiger partial charge < -0.3 is 4.90 Å². The van der Waals surface area contributed by atoms with Crippen molar-refractivity contribution in [3.05, 3.63) is 41.5 Å². The molecule has 0 atom stereocenters. The van der Waals surface area contributed by atoms with Gasteiger partial charge in [0, 0.05) is 17.7 Å². The summed E-state index contributed by atoms with van der Waals surface area (Å²) in [4.78, 5) is 13.1. The summed E-state index contributed by atoms with van der Waals surface area (Å²) in [5, 5.41) is 0. The highest BCUT2D eigenvalue weighted by atomic mass is 19.3. The molecule has 0 N–H and O–H groups in total. The van der Waals surface area contributed by atoms with Gasteiger partial charge in [-0.25, -0.2) is 8.78 Å². The normalized spacial score (nSPS) is 15.9. The topological polar surface area (TPSA) is 20.3 Å². The summed E-state index contributed by atoms with van der Waals surface area (Å²) in [6.45, 7) is 1.49. The quantitative estimate of drug-likeness (QED) is 0.816. The van der Waals surface area contributed by atoms with Gasteiger partial charge in [-0.2, -0.15) is 0 Å². The number of rotatable bonds is 4. The molecule has 0 bridgehead atoms. The molecule has 2 rings (SSSR count). The molecule has 0 aliphatic carbocycles. The maximum atomic E-state index is 12.6. The second-order valence-electron chi connectivity index (χ2n) is 4.53. The summed E-state index contributed by atoms with van der Waals surface area (Å²) < 4.78 is 25.3. The Morgan fingerprint density at radius 1 is 1.32 bits per heavy atom. The first-order valence-electron chi connectivity index (χ1n) is 6.50. The zero-order chi connectivity index (χ0) is 13.8. The van der Waals surface area contributed by atoms with Gasteiger partial charge in [-0.1, -0.05) is 37.3 Å². The smallest absolute Gasteiger partial charge is 0.256 e. The van der Waals surface area contributed by atoms with Crippen LogP contribution in [0.5, 0.6) is 0 Å². The molecule has 1 aromatic carbocycles. The summed E-state index contributed by atoms with van der Waals surface area (Å²) >= 11 is 0. The second-order valence-corrected chi connectivity index (χ2v) is 4.53. The Kier molecular flexibility index (Phi) is 4.30. The van der Waals surface area contributed by atoms with Gasteiger partial charge in [0.15, 0.2) is 0 Å². The van der Waals surface area contributed by atoms with Crippen molar-refractivity contribution in [3.8, 4) is 0 Å². The molecule has 0 radical (unpaired) electrons. The Morgan fingerprint density at radius 3 is 2.74 bits per heavy atom. The van der Waals surface area contributed by atoms with Crippen LogP contribution >= 0.6 is 0 Å². The average molecular weight is 265 g/mol. The van der Waals surface area contributed by atoms with Gasteiger partial charge in [0.2, 0.25) is 5.91 Å². The Labute approximate surface area is 111 Å². The molecule has 0 spiro atoms. The molecule has 0 unspecified atom stereocenters. The molecular formula is C15H17F2NO. The van der Waals surface area contributed by atoms with Crippen molar-refractivity contribution in [1.82, 2.24) is 4.90 Å². The summed E-state index contributed by atoms with van der Waals surface area (Å²) in [6.07, 6.45) is 1.11. The maximum absolute atomic E-state index is 12.6. The summed E-state index contributed by atoms with van der Waals surface area (Å²) in [5.74, 6) is -0.219. The third-order valence-corrected chi connectivity index (χ3v) is 3.28. The van der Waals surface area contributed by atoms with Gasteiger partial charge in [0.05, 0.1) is 6.54 Å². The van der Waals surface area contributed by atoms with Crippen molar-refractivity contribution in [2.75, 3.05) is 6.54 Å². The van der Waals surface area contributed by atoms with Crippen molar-refractivity contribution >= 4 is 11.6 Å². The number of carbonyl (C=O) groups excluding carboxylic acids is 1. The van der Waals surface area contributed by atoms with Crippen LogP contribution in [0.15, 0.2) is 30.3 Å². The molecule has 0 aromatic heterocycles. The molecule has 1 amide bonds. The zero-order valence-electron chi connectivity index (χ0n) is 10.9. The van der Waals surface area contributed by atoms with Crippen LogP contribution in [0.25, 0.3) is 5.70 Å². The summed E-state index contributed by atoms with van der Waals surface area (Å²) in [7, 11) is 0. The Balaban J connectivity index is 2.39. The summed E-state index contributed by atoms with van der Waals surface area (Å²) in [6, 6.07) is 7.65. The van der Waals surface area contributed by atoms with Crippen LogP contribution < -0.4 is 0 Å². The highest BCUT2D eigenvalue weighted by Crippen LogP contribution is 2.29. The van der Waals surface area contributed by atoms with E-state index in [1.807, 2.05) is 37.3 Å². The molecule has 1 aliphatic rings. The van der Waals surface area contributed by atoms with E-state index in [1.54, 1.807) is 0 Å². The van der Waals surface area contributed by atoms with E-state index in [4.69, 9.17) is 0 Å². The van der Waals surface area contributed by atoms with Gasteiger partial charge in [-0.05, 0) is 18.4 Å². The molecule has 2 nitrogen and oxygen atoms in total. The molecule has 0 saturated carbocycles. The minimum absolute atomic E-state index is 0.219. The van der Waals surface area contributed by atoms with Crippen LogP contribution in [-0.4, -0.2) is 23.8 Å². The number of halogens is 2. The van der Waals surface area contributed by atoms with Gasteiger partial charge in [0.25, 0.3) is 6.43 Å². The van der Waals surface area contributed by atoms with Gasteiger partial charge in [-0.15, -0.1) is 0 Å². The Hall–Kier alpha value is -1.71. The number of hydrogen-bond donors (Lipinski definition) is 0. The van der Waals surface area contributed by atoms with Gasteiger partial charge >= 0.3 is 0 Å². The molecule has 0 saturated heterocycles. The molecule has 1 heterocycles. The Morgan fingerprint density at radius 2 is 2.05 bits per heavy atom. The van der Waals surface area contributed by atoms with E-state index in [0.717, 1.165) is 17.5 Å². The lowest BCUT2D eigenvalue weighted by molar-refractivity contribution is -0.129. The number of carbonyl (C=O) groups is 1. The molecule has 4 heteroatoms. The van der Waals surface area contributed by atoms with Gasteiger partial charge in [-0.3, -0.25) is 4.79 Å². The lowest BCUT2D eigenvalue weighted by Gasteiger charge is -2.29. The molecule has 1 aromatic rings. The number of allylic oxidation sites excluding steroid dienone is 1. The number of aryl methyl sites for hydroxylation is 1. The molecule has 1 aliphatic heterocycles. The van der Waals surface area contributed by atoms with Crippen molar-refractivity contribution in [3.63, 3.8) is 0 Å². The standard InChI is InChI=1S/C15H17F2NO/c1-2-11-6-3-4-7-12(11)13-8-5-9-15(19)18(13)10-14(16)17/h3-4,6-8,14H,2,5,9-10H2,1H3. The first kappa shape index (κ1) is 13.7. The van der Waals surface area contributed by atoms with Crippen LogP contribution in [0.1, 0.15) is 30.9 Å². The lowest BCUT2D eigenvalue weighted by atomic mass is 9.98. The molecule has 19 heavy (non-hydrogen) atoms. The minimum Gasteiger partial charge on any atom is -0.306 e. The van der Waals surface area contributed by atoms with Crippen LogP contribution in [-0.2, 0) is 11.2 Å². The van der Waals surface area contributed by atoms with Crippen molar-refractivity contribution in [2.24, 2.45) is 0 Å². The van der Waals surface area contributed by atoms with E-state index in [1.165, 1.54) is 4.90 Å². The third kappa shape index (κ3) is 3.00. The van der Waals surface area contributed by atoms with Crippen molar-refractivity contribution < 1.29 is 13.6 Å². The number of amides is 1. The average Bonchev–Trinajstić information content (AvgIpc) is 2.40. The highest BCUT2D eigenvalue weighted by Gasteiger charge is 2.26. The van der Waals surface area contributed by atoms with E-state index < -0.39 is 13.0 Å². The number of hydrogen-bond acceptors (Lipinski definition) is 1. The first-order chi connectivity index (χ1) is 9.13. The fourth-order valence-electron chi connectivity index (χ4n) is 2.38. The SMILES string of the molecule is CCc1ccccc1C1=CCCC(=O)N1CC(F)F. The monoisotopic (exact) mass is 265 g/mol. The molecule has 102 valence electrons. The summed E-state index contributed by atoms with van der Waals surface area (Å²) in [5.41, 5.74) is 2.59. The maximum Gasteiger partial charge on any atom is 0.256 e. The molecular weight excluding hydrogens is 248 g/mol. The van der Waals surface area contributed by atoms with E-state index in [0.29, 0.717) is 18.5 Å². The van der Waals surface area contributed by atoms with E-state index >= 15 is 0 Å². The van der Waals surface area contributed by atoms with Crippen LogP contribution in [0, 0.1) is 0 Å². The highest BCUT2D eigenvalue weighted by molar-refractivity contribution is 5.89. The number of benzene rings is 1. The van der Waals surface area contributed by atoms with Crippen molar-refractivity contribution in [1.29, 1.82) is 0 Å². The third-order valence-electron chi connectivity index (χ3n) is 3.28. The zero-order valence-corrected chi connectivity index (χ0v) is 10.9. The van der Waals surface area contributed by atoms with Gasteiger partial charge in [0.1, 0.15) is 0 Å². The predicted molar refractivity (Wildman–Crippen MR) is 70.7 cm³/mol. The largest absolute Gasteiger partial charge is 0.306 e. The van der Waals surface area contributed by atoms with E-state index in [2.05, 4.69) is 0 Å². The fourth-order valence-corrected chi connectivity index (χ4v) is 2.38. The second kappa shape index (κ2) is 5.95. The van der Waals surface area contributed by atoms with E-state index in [-0.39, 0.29) is 5.91 Å². The van der Waals surface area contributed by atoms with Crippen LogP contribution in [0.2, 0.25) is 0 Å². The van der Waals surface area contributed by atoms with Crippen molar-refractivity contribution in [2.45, 2.75) is 32.6 Å². The number of alkyl halides is 2.